The molecule has 1 N–H and O–H groups in total. The molecule has 0 saturated carbocycles. The number of aryl methyl sites for hydroxylation is 1. The lowest BCUT2D eigenvalue weighted by Crippen LogP contribution is -2.51. The van der Waals surface area contributed by atoms with Crippen LogP contribution in [-0.4, -0.2) is 60.8 Å². The molecule has 2 atom stereocenters. The number of methoxy groups -OCH3 is 1. The molecule has 0 amide bonds. The van der Waals surface area contributed by atoms with Gasteiger partial charge < -0.3 is 19.2 Å². The fourth-order valence-corrected chi connectivity index (χ4v) is 6.54. The van der Waals surface area contributed by atoms with Crippen LogP contribution in [0.3, 0.4) is 0 Å². The number of rotatable bonds is 9. The smallest absolute Gasteiger partial charge is 0.336 e. The first kappa shape index (κ1) is 26.0. The molecule has 2 fully saturated rings. The van der Waals surface area contributed by atoms with Crippen LogP contribution in [0.1, 0.15) is 49.7 Å². The van der Waals surface area contributed by atoms with E-state index in [1.54, 1.807) is 7.11 Å². The summed E-state index contributed by atoms with van der Waals surface area (Å²) in [6, 6.07) is 13.8. The Labute approximate surface area is 219 Å². The molecule has 6 nitrogen and oxygen atoms in total. The summed E-state index contributed by atoms with van der Waals surface area (Å²) in [6.45, 7) is 7.81. The van der Waals surface area contributed by atoms with E-state index in [1.165, 1.54) is 51.3 Å². The average molecular weight is 505 g/mol. The molecule has 0 radical (unpaired) electrons. The monoisotopic (exact) mass is 504 g/mol. The van der Waals surface area contributed by atoms with Gasteiger partial charge in [-0.2, -0.15) is 0 Å². The molecule has 3 heterocycles. The Morgan fingerprint density at radius 3 is 2.73 bits per heavy atom. The first-order valence-electron chi connectivity index (χ1n) is 13.8. The molecular weight excluding hydrogens is 464 g/mol. The molecule has 0 aliphatic carbocycles. The molecule has 2 aliphatic rings. The van der Waals surface area contributed by atoms with Crippen LogP contribution in [0.4, 0.5) is 0 Å². The highest BCUT2D eigenvalue weighted by Crippen LogP contribution is 2.39. The Bertz CT molecular complexity index is 1250. The number of hydrogen-bond acceptors (Lipinski definition) is 6. The van der Waals surface area contributed by atoms with Gasteiger partial charge in [0.25, 0.3) is 0 Å². The van der Waals surface area contributed by atoms with Gasteiger partial charge in [0.05, 0.1) is 5.39 Å². The van der Waals surface area contributed by atoms with Crippen LogP contribution in [-0.2, 0) is 11.3 Å². The lowest BCUT2D eigenvalue weighted by molar-refractivity contribution is 0.0371. The summed E-state index contributed by atoms with van der Waals surface area (Å²) in [4.78, 5) is 17.6. The molecule has 37 heavy (non-hydrogen) atoms. The number of phenolic OH excluding ortho intramolecular Hbond substituents is 1. The third kappa shape index (κ3) is 5.77. The van der Waals surface area contributed by atoms with Crippen LogP contribution < -0.4 is 5.63 Å². The van der Waals surface area contributed by atoms with E-state index in [-0.39, 0.29) is 5.75 Å². The number of phenols is 1. The molecular formula is C31H40N2O4. The fourth-order valence-electron chi connectivity index (χ4n) is 6.54. The molecule has 2 saturated heterocycles. The third-order valence-corrected chi connectivity index (χ3v) is 8.35. The quantitative estimate of drug-likeness (QED) is 0.303. The molecule has 6 heteroatoms. The van der Waals surface area contributed by atoms with E-state index in [0.717, 1.165) is 42.8 Å². The first-order chi connectivity index (χ1) is 18.0. The van der Waals surface area contributed by atoms with E-state index in [4.69, 9.17) is 9.15 Å². The minimum absolute atomic E-state index is 0.220. The largest absolute Gasteiger partial charge is 0.507 e. The first-order valence-corrected chi connectivity index (χ1v) is 13.8. The Kier molecular flexibility index (Phi) is 8.28. The minimum atomic E-state index is -0.409. The number of aromatic hydroxyl groups is 1. The van der Waals surface area contributed by atoms with Crippen molar-refractivity contribution in [2.24, 2.45) is 5.92 Å². The lowest BCUT2D eigenvalue weighted by atomic mass is 9.83. The molecule has 2 aromatic carbocycles. The predicted molar refractivity (Wildman–Crippen MR) is 148 cm³/mol. The van der Waals surface area contributed by atoms with Crippen molar-refractivity contribution < 1.29 is 14.3 Å². The maximum absolute atomic E-state index is 12.4. The second kappa shape index (κ2) is 11.8. The van der Waals surface area contributed by atoms with Gasteiger partial charge in [-0.3, -0.25) is 4.90 Å². The van der Waals surface area contributed by atoms with Gasteiger partial charge in [-0.1, -0.05) is 36.8 Å². The van der Waals surface area contributed by atoms with Crippen molar-refractivity contribution in [1.29, 1.82) is 0 Å². The standard InChI is InChI=1S/C31H40N2O4/c1-22-18-28-30(25(19-29(34)37-28)23-10-4-3-5-11-23)31(35)26(22)21-32(14-9-17-36-2)20-24-12-8-16-33-15-7-6-13-27(24)33/h3-5,10-11,18-19,24,27,35H,6-9,12-17,20-21H2,1-2H3. The van der Waals surface area contributed by atoms with Crippen molar-refractivity contribution >= 4 is 11.0 Å². The van der Waals surface area contributed by atoms with Gasteiger partial charge >= 0.3 is 5.63 Å². The van der Waals surface area contributed by atoms with Gasteiger partial charge in [0.15, 0.2) is 0 Å². The summed E-state index contributed by atoms with van der Waals surface area (Å²) >= 11 is 0. The maximum Gasteiger partial charge on any atom is 0.336 e. The van der Waals surface area contributed by atoms with Crippen LogP contribution in [0.15, 0.2) is 51.7 Å². The number of piperidine rings is 2. The van der Waals surface area contributed by atoms with Crippen molar-refractivity contribution in [3.63, 3.8) is 0 Å². The van der Waals surface area contributed by atoms with E-state index >= 15 is 0 Å². The molecule has 0 bridgehead atoms. The summed E-state index contributed by atoms with van der Waals surface area (Å²) in [5, 5.41) is 12.3. The van der Waals surface area contributed by atoms with Gasteiger partial charge in [-0.15, -0.1) is 0 Å². The van der Waals surface area contributed by atoms with Crippen molar-refractivity contribution in [3.05, 3.63) is 64.0 Å². The summed E-state index contributed by atoms with van der Waals surface area (Å²) in [7, 11) is 1.75. The highest BCUT2D eigenvalue weighted by atomic mass is 16.5. The maximum atomic E-state index is 12.4. The van der Waals surface area contributed by atoms with Gasteiger partial charge in [0.2, 0.25) is 0 Å². The third-order valence-electron chi connectivity index (χ3n) is 8.35. The van der Waals surface area contributed by atoms with E-state index in [2.05, 4.69) is 9.80 Å². The van der Waals surface area contributed by atoms with E-state index in [1.807, 2.05) is 43.3 Å². The topological polar surface area (TPSA) is 66.1 Å². The summed E-state index contributed by atoms with van der Waals surface area (Å²) in [5.41, 5.74) is 3.48. The van der Waals surface area contributed by atoms with Gasteiger partial charge in [-0.05, 0) is 75.2 Å². The second-order valence-electron chi connectivity index (χ2n) is 10.8. The van der Waals surface area contributed by atoms with Crippen LogP contribution in [0.5, 0.6) is 5.75 Å². The number of ether oxygens (including phenoxy) is 1. The number of fused-ring (bicyclic) bond motifs is 2. The Morgan fingerprint density at radius 2 is 1.92 bits per heavy atom. The van der Waals surface area contributed by atoms with Gasteiger partial charge in [0, 0.05) is 56.6 Å². The Morgan fingerprint density at radius 1 is 1.11 bits per heavy atom. The number of nitrogens with zero attached hydrogens (tertiary/aromatic N) is 2. The fraction of sp³-hybridized carbons (Fsp3) is 0.516. The zero-order valence-electron chi connectivity index (χ0n) is 22.2. The molecule has 0 spiro atoms. The Balaban J connectivity index is 1.49. The average Bonchev–Trinajstić information content (AvgIpc) is 2.91. The SMILES string of the molecule is COCCCN(Cc1c(C)cc2oc(=O)cc(-c3ccccc3)c2c1O)CC1CCCN2CCCCC12. The molecule has 3 aromatic rings. The van der Waals surface area contributed by atoms with Crippen LogP contribution in [0.2, 0.25) is 0 Å². The van der Waals surface area contributed by atoms with Crippen molar-refractivity contribution in [3.8, 4) is 16.9 Å². The van der Waals surface area contributed by atoms with Crippen molar-refractivity contribution in [2.75, 3.05) is 39.9 Å². The molecule has 5 rings (SSSR count). The van der Waals surface area contributed by atoms with Crippen LogP contribution in [0.25, 0.3) is 22.1 Å². The highest BCUT2D eigenvalue weighted by molar-refractivity contribution is 5.98. The van der Waals surface area contributed by atoms with Crippen molar-refractivity contribution in [1.82, 2.24) is 9.80 Å². The highest BCUT2D eigenvalue weighted by Gasteiger charge is 2.34. The van der Waals surface area contributed by atoms with E-state index in [0.29, 0.717) is 35.0 Å². The molecule has 2 unspecified atom stereocenters. The molecule has 1 aromatic heterocycles. The Hall–Kier alpha value is -2.67. The number of hydrogen-bond donors (Lipinski definition) is 1. The second-order valence-corrected chi connectivity index (χ2v) is 10.8. The molecule has 198 valence electrons. The number of benzene rings is 2. The van der Waals surface area contributed by atoms with Crippen molar-refractivity contribution in [2.45, 2.75) is 58.0 Å². The zero-order valence-corrected chi connectivity index (χ0v) is 22.2. The van der Waals surface area contributed by atoms with Crippen LogP contribution in [0, 0.1) is 12.8 Å². The zero-order chi connectivity index (χ0) is 25.8. The lowest BCUT2D eigenvalue weighted by Gasteiger charge is -2.45. The van der Waals surface area contributed by atoms with E-state index < -0.39 is 5.63 Å². The minimum Gasteiger partial charge on any atom is -0.507 e. The predicted octanol–water partition coefficient (Wildman–Crippen LogP) is 5.58. The summed E-state index contributed by atoms with van der Waals surface area (Å²) in [5.74, 6) is 0.870. The molecule has 2 aliphatic heterocycles. The normalized spacial score (nSPS) is 20.4. The van der Waals surface area contributed by atoms with E-state index in [9.17, 15) is 9.90 Å². The van der Waals surface area contributed by atoms with Gasteiger partial charge in [0.1, 0.15) is 11.3 Å². The van der Waals surface area contributed by atoms with Gasteiger partial charge in [-0.25, -0.2) is 4.79 Å². The van der Waals surface area contributed by atoms with Crippen LogP contribution >= 0.6 is 0 Å². The summed E-state index contributed by atoms with van der Waals surface area (Å²) < 4.78 is 10.9. The summed E-state index contributed by atoms with van der Waals surface area (Å²) in [6.07, 6.45) is 7.45.